The lowest BCUT2D eigenvalue weighted by atomic mass is 10.6. The average molecular weight is 203 g/mol. The Morgan fingerprint density at radius 1 is 1.62 bits per heavy atom. The van der Waals surface area contributed by atoms with Crippen molar-refractivity contribution in [1.29, 1.82) is 0 Å². The van der Waals surface area contributed by atoms with Crippen molar-refractivity contribution in [3.8, 4) is 0 Å². The zero-order chi connectivity index (χ0) is 9.84. The van der Waals surface area contributed by atoms with Crippen LogP contribution in [0.1, 0.15) is 0 Å². The first kappa shape index (κ1) is 9.52. The van der Waals surface area contributed by atoms with E-state index in [1.807, 2.05) is 0 Å². The van der Waals surface area contributed by atoms with Gasteiger partial charge in [-0.25, -0.2) is 14.7 Å². The summed E-state index contributed by atoms with van der Waals surface area (Å²) in [4.78, 5) is 21.3. The van der Waals surface area contributed by atoms with Gasteiger partial charge in [-0.3, -0.25) is 9.67 Å². The molecule has 1 aromatic rings. The number of carbonyl (C=O) groups excluding carboxylic acids is 1. The molecule has 0 spiro atoms. The highest BCUT2D eigenvalue weighted by atomic mass is 32.1. The van der Waals surface area contributed by atoms with Gasteiger partial charge in [-0.2, -0.15) is 0 Å². The number of hydrogen-bond donors (Lipinski definition) is 4. The minimum atomic E-state index is -0.626. The highest BCUT2D eigenvalue weighted by molar-refractivity contribution is 7.71. The van der Waals surface area contributed by atoms with Gasteiger partial charge in [0, 0.05) is 13.1 Å². The minimum absolute atomic E-state index is 0.268. The number of amides is 2. The molecule has 0 radical (unpaired) electrons. The van der Waals surface area contributed by atoms with E-state index in [-0.39, 0.29) is 17.0 Å². The third-order valence-electron chi connectivity index (χ3n) is 1.40. The molecule has 1 rings (SSSR count). The standard InChI is InChI=1S/C5H9N5O2S/c6-3(11)7-1-2-10-4(12)8-9-5(10)13/h1-2H2,(H,8,12)(H,9,13)(H3,6,7,11). The second-order valence-electron chi connectivity index (χ2n) is 2.30. The van der Waals surface area contributed by atoms with Gasteiger partial charge in [-0.15, -0.1) is 0 Å². The number of urea groups is 1. The van der Waals surface area contributed by atoms with Gasteiger partial charge in [0.25, 0.3) is 0 Å². The molecular formula is C5H9N5O2S. The van der Waals surface area contributed by atoms with Gasteiger partial charge in [-0.1, -0.05) is 0 Å². The van der Waals surface area contributed by atoms with Crippen LogP contribution in [0.5, 0.6) is 0 Å². The maximum Gasteiger partial charge on any atom is 0.342 e. The van der Waals surface area contributed by atoms with E-state index in [0.717, 1.165) is 0 Å². The SMILES string of the molecule is NC(=O)NCCn1c(=O)[nH][nH]c1=S. The number of H-pyrrole nitrogens is 2. The fraction of sp³-hybridized carbons (Fsp3) is 0.400. The molecule has 0 bridgehead atoms. The zero-order valence-corrected chi connectivity index (χ0v) is 7.48. The number of nitrogens with two attached hydrogens (primary N) is 1. The first-order valence-electron chi connectivity index (χ1n) is 3.52. The Hall–Kier alpha value is -1.57. The molecule has 0 aliphatic carbocycles. The summed E-state index contributed by atoms with van der Waals surface area (Å²) in [5, 5.41) is 7.12. The van der Waals surface area contributed by atoms with Gasteiger partial charge < -0.3 is 11.1 Å². The second-order valence-corrected chi connectivity index (χ2v) is 2.69. The summed E-state index contributed by atoms with van der Waals surface area (Å²) < 4.78 is 1.57. The number of primary amides is 1. The Balaban J connectivity index is 2.60. The van der Waals surface area contributed by atoms with Crippen LogP contribution in [0.4, 0.5) is 4.79 Å². The van der Waals surface area contributed by atoms with Crippen LogP contribution in [0, 0.1) is 4.77 Å². The summed E-state index contributed by atoms with van der Waals surface area (Å²) in [6.45, 7) is 0.561. The first-order chi connectivity index (χ1) is 6.11. The maximum absolute atomic E-state index is 11.0. The Morgan fingerprint density at radius 3 is 2.77 bits per heavy atom. The largest absolute Gasteiger partial charge is 0.352 e. The number of nitrogens with one attached hydrogen (secondary N) is 3. The quantitative estimate of drug-likeness (QED) is 0.468. The molecule has 0 unspecified atom stereocenters. The molecule has 0 aliphatic heterocycles. The Labute approximate surface area is 77.9 Å². The molecule has 0 aromatic carbocycles. The normalized spacial score (nSPS) is 9.85. The second kappa shape index (κ2) is 3.90. The molecule has 2 amide bonds. The minimum Gasteiger partial charge on any atom is -0.352 e. The smallest absolute Gasteiger partial charge is 0.342 e. The average Bonchev–Trinajstić information content (AvgIpc) is 2.34. The van der Waals surface area contributed by atoms with E-state index in [1.54, 1.807) is 0 Å². The summed E-state index contributed by atoms with van der Waals surface area (Å²) in [6, 6.07) is -0.626. The number of rotatable bonds is 3. The third kappa shape index (κ3) is 2.44. The topological polar surface area (TPSA) is 109 Å². The van der Waals surface area contributed by atoms with Crippen LogP contribution in [-0.4, -0.2) is 27.3 Å². The highest BCUT2D eigenvalue weighted by Crippen LogP contribution is 1.79. The molecule has 8 heteroatoms. The van der Waals surface area contributed by atoms with Gasteiger partial charge >= 0.3 is 11.7 Å². The lowest BCUT2D eigenvalue weighted by molar-refractivity contribution is 0.248. The number of hydrogen-bond acceptors (Lipinski definition) is 3. The number of aromatic amines is 2. The molecule has 0 atom stereocenters. The van der Waals surface area contributed by atoms with Crippen molar-refractivity contribution in [2.45, 2.75) is 6.54 Å². The Morgan fingerprint density at radius 2 is 2.31 bits per heavy atom. The van der Waals surface area contributed by atoms with Crippen molar-refractivity contribution in [2.75, 3.05) is 6.54 Å². The van der Waals surface area contributed by atoms with Gasteiger partial charge in [0.2, 0.25) is 0 Å². The van der Waals surface area contributed by atoms with Crippen molar-refractivity contribution >= 4 is 18.2 Å². The van der Waals surface area contributed by atoms with Crippen LogP contribution in [0.25, 0.3) is 0 Å². The van der Waals surface area contributed by atoms with Crippen molar-refractivity contribution in [1.82, 2.24) is 20.1 Å². The third-order valence-corrected chi connectivity index (χ3v) is 1.72. The van der Waals surface area contributed by atoms with Crippen LogP contribution in [-0.2, 0) is 6.54 Å². The maximum atomic E-state index is 11.0. The van der Waals surface area contributed by atoms with E-state index in [4.69, 9.17) is 18.0 Å². The highest BCUT2D eigenvalue weighted by Gasteiger charge is 1.99. The van der Waals surface area contributed by atoms with Crippen LogP contribution in [0.15, 0.2) is 4.79 Å². The molecule has 1 aromatic heterocycles. The fourth-order valence-electron chi connectivity index (χ4n) is 0.828. The van der Waals surface area contributed by atoms with Crippen molar-refractivity contribution in [3.05, 3.63) is 15.3 Å². The van der Waals surface area contributed by atoms with E-state index in [9.17, 15) is 9.59 Å². The fourth-order valence-corrected chi connectivity index (χ4v) is 1.05. The molecule has 7 nitrogen and oxygen atoms in total. The lowest BCUT2D eigenvalue weighted by Crippen LogP contribution is -2.33. The van der Waals surface area contributed by atoms with E-state index in [1.165, 1.54) is 4.57 Å². The van der Waals surface area contributed by atoms with Gasteiger partial charge in [0.15, 0.2) is 4.77 Å². The van der Waals surface area contributed by atoms with Gasteiger partial charge in [-0.05, 0) is 12.2 Å². The van der Waals surface area contributed by atoms with Crippen LogP contribution in [0.2, 0.25) is 0 Å². The van der Waals surface area contributed by atoms with E-state index >= 15 is 0 Å². The summed E-state index contributed by atoms with van der Waals surface area (Å²) in [5.74, 6) is 0. The molecule has 5 N–H and O–H groups in total. The predicted octanol–water partition coefficient (Wildman–Crippen LogP) is -1.10. The zero-order valence-electron chi connectivity index (χ0n) is 6.66. The summed E-state index contributed by atoms with van der Waals surface area (Å²) >= 11 is 4.78. The van der Waals surface area contributed by atoms with Crippen molar-refractivity contribution in [3.63, 3.8) is 0 Å². The monoisotopic (exact) mass is 203 g/mol. The number of nitrogens with zero attached hydrogens (tertiary/aromatic N) is 1. The number of aromatic nitrogens is 3. The summed E-state index contributed by atoms with van der Waals surface area (Å²) in [7, 11) is 0. The van der Waals surface area contributed by atoms with E-state index in [2.05, 4.69) is 15.5 Å². The molecule has 1 heterocycles. The summed E-state index contributed by atoms with van der Waals surface area (Å²) in [6.07, 6.45) is 0. The van der Waals surface area contributed by atoms with Crippen molar-refractivity contribution in [2.24, 2.45) is 5.73 Å². The molecule has 0 saturated carbocycles. The van der Waals surface area contributed by atoms with Gasteiger partial charge in [0.1, 0.15) is 0 Å². The molecule has 0 fully saturated rings. The molecular weight excluding hydrogens is 194 g/mol. The molecule has 13 heavy (non-hydrogen) atoms. The molecule has 0 saturated heterocycles. The number of carbonyl (C=O) groups is 1. The van der Waals surface area contributed by atoms with Crippen LogP contribution < -0.4 is 16.7 Å². The predicted molar refractivity (Wildman–Crippen MR) is 47.8 cm³/mol. The Bertz CT molecular complexity index is 374. The van der Waals surface area contributed by atoms with Gasteiger partial charge in [0.05, 0.1) is 0 Å². The van der Waals surface area contributed by atoms with Crippen LogP contribution >= 0.6 is 12.2 Å². The lowest BCUT2D eigenvalue weighted by Gasteiger charge is -2.00. The van der Waals surface area contributed by atoms with Crippen molar-refractivity contribution < 1.29 is 4.79 Å². The Kier molecular flexibility index (Phi) is 2.85. The summed E-state index contributed by atoms with van der Waals surface area (Å²) in [5.41, 5.74) is 4.49. The van der Waals surface area contributed by atoms with Crippen LogP contribution in [0.3, 0.4) is 0 Å². The first-order valence-corrected chi connectivity index (χ1v) is 3.93. The van der Waals surface area contributed by atoms with E-state index in [0.29, 0.717) is 6.54 Å². The van der Waals surface area contributed by atoms with E-state index < -0.39 is 6.03 Å². The molecule has 0 aliphatic rings. The molecule has 72 valence electrons.